The van der Waals surface area contributed by atoms with E-state index in [9.17, 15) is 14.4 Å². The number of ether oxygens (including phenoxy) is 2. The highest BCUT2D eigenvalue weighted by Crippen LogP contribution is 2.25. The Balaban J connectivity index is 2.20. The summed E-state index contributed by atoms with van der Waals surface area (Å²) in [5, 5.41) is 5.63. The second-order valence-corrected chi connectivity index (χ2v) is 8.49. The Bertz CT molecular complexity index is 935. The van der Waals surface area contributed by atoms with Crippen LogP contribution in [0, 0.1) is 5.92 Å². The van der Waals surface area contributed by atoms with Gasteiger partial charge in [0.15, 0.2) is 0 Å². The number of amides is 3. The third kappa shape index (κ3) is 9.36. The lowest BCUT2D eigenvalue weighted by molar-refractivity contribution is -0.142. The van der Waals surface area contributed by atoms with Gasteiger partial charge in [0.05, 0.1) is 13.7 Å². The highest BCUT2D eigenvalue weighted by atomic mass is 16.5. The minimum Gasteiger partial charge on any atom is -0.497 e. The van der Waals surface area contributed by atoms with Gasteiger partial charge in [-0.05, 0) is 42.2 Å². The number of nitrogens with zero attached hydrogens (tertiary/aromatic N) is 2. The Kier molecular flexibility index (Phi) is 11.7. The molecule has 3 amide bonds. The van der Waals surface area contributed by atoms with E-state index in [2.05, 4.69) is 29.5 Å². The summed E-state index contributed by atoms with van der Waals surface area (Å²) >= 11 is 0. The van der Waals surface area contributed by atoms with Gasteiger partial charge in [-0.3, -0.25) is 14.4 Å². The van der Waals surface area contributed by atoms with Crippen molar-refractivity contribution in [1.29, 1.82) is 0 Å². The van der Waals surface area contributed by atoms with Gasteiger partial charge in [-0.1, -0.05) is 32.0 Å². The molecule has 0 aliphatic carbocycles. The number of carbonyl (C=O) groups is 3. The normalized spacial score (nSPS) is 11.6. The fourth-order valence-electron chi connectivity index (χ4n) is 3.43. The number of pyridine rings is 1. The van der Waals surface area contributed by atoms with Crippen LogP contribution in [0.2, 0.25) is 0 Å². The minimum atomic E-state index is -0.866. The van der Waals surface area contributed by atoms with Crippen molar-refractivity contribution in [2.24, 2.45) is 5.92 Å². The maximum Gasteiger partial charge on any atom is 0.247 e. The van der Waals surface area contributed by atoms with E-state index >= 15 is 0 Å². The zero-order valence-electron chi connectivity index (χ0n) is 21.0. The van der Waals surface area contributed by atoms with Crippen molar-refractivity contribution in [2.75, 3.05) is 39.2 Å². The first-order chi connectivity index (χ1) is 16.8. The van der Waals surface area contributed by atoms with E-state index < -0.39 is 6.04 Å². The van der Waals surface area contributed by atoms with Gasteiger partial charge in [0, 0.05) is 39.2 Å². The Morgan fingerprint density at radius 3 is 2.37 bits per heavy atom. The van der Waals surface area contributed by atoms with Crippen LogP contribution in [0.4, 0.5) is 5.82 Å². The zero-order valence-corrected chi connectivity index (χ0v) is 21.0. The van der Waals surface area contributed by atoms with Crippen molar-refractivity contribution < 1.29 is 23.9 Å². The molecule has 1 atom stereocenters. The van der Waals surface area contributed by atoms with E-state index in [0.29, 0.717) is 29.6 Å². The molecule has 1 aromatic heterocycles. The summed E-state index contributed by atoms with van der Waals surface area (Å²) in [4.78, 5) is 44.5. The Hall–Kier alpha value is -3.46. The van der Waals surface area contributed by atoms with E-state index in [-0.39, 0.29) is 43.7 Å². The lowest BCUT2D eigenvalue weighted by Gasteiger charge is -2.31. The predicted molar refractivity (Wildman–Crippen MR) is 134 cm³/mol. The van der Waals surface area contributed by atoms with Crippen molar-refractivity contribution in [3.8, 4) is 5.75 Å². The van der Waals surface area contributed by atoms with Crippen LogP contribution in [0.1, 0.15) is 44.7 Å². The van der Waals surface area contributed by atoms with Crippen LogP contribution in [0.3, 0.4) is 0 Å². The molecular weight excluding hydrogens is 448 g/mol. The average molecular weight is 485 g/mol. The number of rotatable bonds is 14. The molecule has 0 saturated heterocycles. The van der Waals surface area contributed by atoms with Crippen molar-refractivity contribution in [1.82, 2.24) is 15.2 Å². The van der Waals surface area contributed by atoms with Gasteiger partial charge in [-0.2, -0.15) is 0 Å². The summed E-state index contributed by atoms with van der Waals surface area (Å²) in [7, 11) is 3.10. The maximum absolute atomic E-state index is 13.3. The third-order valence-corrected chi connectivity index (χ3v) is 5.37. The SMILES string of the molecule is COCCN(C(=O)CCC(=O)Nc1ccccn1)[C@@H](C(=O)NCCC(C)C)c1ccc(OC)cc1. The van der Waals surface area contributed by atoms with Gasteiger partial charge in [0.25, 0.3) is 0 Å². The molecule has 0 bridgehead atoms. The molecule has 0 saturated carbocycles. The molecule has 9 nitrogen and oxygen atoms in total. The Labute approximate surface area is 207 Å². The third-order valence-electron chi connectivity index (χ3n) is 5.37. The molecule has 1 heterocycles. The number of carbonyl (C=O) groups excluding carboxylic acids is 3. The van der Waals surface area contributed by atoms with Gasteiger partial charge < -0.3 is 25.0 Å². The first-order valence-electron chi connectivity index (χ1n) is 11.8. The summed E-state index contributed by atoms with van der Waals surface area (Å²) in [5.41, 5.74) is 0.648. The Morgan fingerprint density at radius 2 is 1.77 bits per heavy atom. The first-order valence-corrected chi connectivity index (χ1v) is 11.8. The van der Waals surface area contributed by atoms with Crippen LogP contribution < -0.4 is 15.4 Å². The van der Waals surface area contributed by atoms with Crippen LogP contribution >= 0.6 is 0 Å². The molecule has 0 aliphatic heterocycles. The molecule has 190 valence electrons. The average Bonchev–Trinajstić information content (AvgIpc) is 2.85. The molecule has 0 radical (unpaired) electrons. The smallest absolute Gasteiger partial charge is 0.247 e. The molecule has 9 heteroatoms. The number of aromatic nitrogens is 1. The quantitative estimate of drug-likeness (QED) is 0.426. The van der Waals surface area contributed by atoms with Crippen molar-refractivity contribution >= 4 is 23.5 Å². The maximum atomic E-state index is 13.3. The number of hydrogen-bond donors (Lipinski definition) is 2. The number of hydrogen-bond acceptors (Lipinski definition) is 6. The fourth-order valence-corrected chi connectivity index (χ4v) is 3.43. The second kappa shape index (κ2) is 14.7. The van der Waals surface area contributed by atoms with Gasteiger partial charge in [0.2, 0.25) is 17.7 Å². The second-order valence-electron chi connectivity index (χ2n) is 8.49. The van der Waals surface area contributed by atoms with E-state index in [1.807, 2.05) is 0 Å². The highest BCUT2D eigenvalue weighted by Gasteiger charge is 2.31. The lowest BCUT2D eigenvalue weighted by atomic mass is 10.0. The molecule has 1 aromatic carbocycles. The largest absolute Gasteiger partial charge is 0.497 e. The highest BCUT2D eigenvalue weighted by molar-refractivity contribution is 5.94. The van der Waals surface area contributed by atoms with Crippen molar-refractivity contribution in [3.63, 3.8) is 0 Å². The fraction of sp³-hybridized carbons (Fsp3) is 0.462. The topological polar surface area (TPSA) is 110 Å². The molecule has 2 N–H and O–H groups in total. The molecule has 2 rings (SSSR count). The van der Waals surface area contributed by atoms with Gasteiger partial charge in [0.1, 0.15) is 17.6 Å². The summed E-state index contributed by atoms with van der Waals surface area (Å²) in [6, 6.07) is 11.4. The molecule has 0 fully saturated rings. The van der Waals surface area contributed by atoms with Gasteiger partial charge in [-0.15, -0.1) is 0 Å². The summed E-state index contributed by atoms with van der Waals surface area (Å²) < 4.78 is 10.4. The molecule has 0 aliphatic rings. The number of nitrogens with one attached hydrogen (secondary N) is 2. The van der Waals surface area contributed by atoms with E-state index in [1.165, 1.54) is 12.0 Å². The molecular formula is C26H36N4O5. The first kappa shape index (κ1) is 27.8. The zero-order chi connectivity index (χ0) is 25.6. The van der Waals surface area contributed by atoms with E-state index in [4.69, 9.17) is 9.47 Å². The Morgan fingerprint density at radius 1 is 1.03 bits per heavy atom. The number of methoxy groups -OCH3 is 2. The molecule has 0 spiro atoms. The monoisotopic (exact) mass is 484 g/mol. The molecule has 2 aromatic rings. The van der Waals surface area contributed by atoms with Crippen LogP contribution in [0.25, 0.3) is 0 Å². The standard InChI is InChI=1S/C26H36N4O5/c1-19(2)14-16-28-26(33)25(20-8-10-21(35-4)11-9-20)30(17-18-34-3)24(32)13-12-23(31)29-22-7-5-6-15-27-22/h5-11,15,19,25H,12-14,16-18H2,1-4H3,(H,28,33)(H,27,29,31)/t25-/m1/s1. The predicted octanol–water partition coefficient (Wildman–Crippen LogP) is 3.19. The van der Waals surface area contributed by atoms with Gasteiger partial charge >= 0.3 is 0 Å². The van der Waals surface area contributed by atoms with E-state index in [0.717, 1.165) is 6.42 Å². The van der Waals surface area contributed by atoms with Crippen LogP contribution in [0.15, 0.2) is 48.7 Å². The molecule has 35 heavy (non-hydrogen) atoms. The number of anilines is 1. The van der Waals surface area contributed by atoms with Crippen LogP contribution in [0.5, 0.6) is 5.75 Å². The summed E-state index contributed by atoms with van der Waals surface area (Å²) in [6.45, 7) is 5.11. The minimum absolute atomic E-state index is 0.0385. The van der Waals surface area contributed by atoms with Crippen molar-refractivity contribution in [3.05, 3.63) is 54.2 Å². The summed E-state index contributed by atoms with van der Waals surface area (Å²) in [5.74, 6) is 0.566. The van der Waals surface area contributed by atoms with Crippen LogP contribution in [-0.4, -0.2) is 61.5 Å². The van der Waals surface area contributed by atoms with Gasteiger partial charge in [-0.25, -0.2) is 4.98 Å². The summed E-state index contributed by atoms with van der Waals surface area (Å²) in [6.07, 6.45) is 2.29. The van der Waals surface area contributed by atoms with Crippen LogP contribution in [-0.2, 0) is 19.1 Å². The van der Waals surface area contributed by atoms with E-state index in [1.54, 1.807) is 55.8 Å². The lowest BCUT2D eigenvalue weighted by Crippen LogP contribution is -2.45. The molecule has 0 unspecified atom stereocenters. The van der Waals surface area contributed by atoms with Crippen molar-refractivity contribution in [2.45, 2.75) is 39.2 Å². The number of benzene rings is 1.